The number of ether oxygens (including phenoxy) is 8. The summed E-state index contributed by atoms with van der Waals surface area (Å²) in [4.78, 5) is 0. The summed E-state index contributed by atoms with van der Waals surface area (Å²) in [6, 6.07) is 0. The van der Waals surface area contributed by atoms with Crippen LogP contribution >= 0.6 is 0 Å². The van der Waals surface area contributed by atoms with Crippen molar-refractivity contribution in [3.63, 3.8) is 0 Å². The van der Waals surface area contributed by atoms with E-state index in [4.69, 9.17) is 37.9 Å². The van der Waals surface area contributed by atoms with Gasteiger partial charge >= 0.3 is 0 Å². The van der Waals surface area contributed by atoms with Gasteiger partial charge in [0.05, 0.1) is 32.0 Å². The molecule has 9 unspecified atom stereocenters. The average molecular weight is 647 g/mol. The van der Waals surface area contributed by atoms with Gasteiger partial charge in [0.1, 0.15) is 73.2 Å². The van der Waals surface area contributed by atoms with E-state index in [9.17, 15) is 51.1 Å². The molecule has 19 atom stereocenters. The van der Waals surface area contributed by atoms with Crippen LogP contribution in [0.25, 0.3) is 0 Å². The maximum absolute atomic E-state index is 11.0. The second-order valence-corrected chi connectivity index (χ2v) is 11.8. The summed E-state index contributed by atoms with van der Waals surface area (Å²) in [6.45, 7) is 2.56. The zero-order chi connectivity index (χ0) is 32.7. The molecule has 4 saturated heterocycles. The molecule has 0 saturated carbocycles. The maximum Gasteiger partial charge on any atom is 0.194 e. The summed E-state index contributed by atoms with van der Waals surface area (Å²) in [7, 11) is 1.35. The standard InChI is InChI=1S/C26H46O18/c1-8-19(44-26(3)22(36)14(31)10(29)7-38-26)20(12(6-28)41-23(8)37-4)42-25-21(17(34)15(32)11(5-27)40-25)43-24-18(35)16(33)13(30)9(2)39-24/h8-25,27-36H,5-7H2,1-4H3/t8?,9?,10?,11?,12?,13-,14-,15+,16+,17+,18?,19-,20-,21?,22+,23?,24+,25+,26?/m1/s1. The zero-order valence-corrected chi connectivity index (χ0v) is 24.8. The molecule has 0 radical (unpaired) electrons. The van der Waals surface area contributed by atoms with Crippen LogP contribution in [0, 0.1) is 5.92 Å². The monoisotopic (exact) mass is 646 g/mol. The molecule has 0 aliphatic carbocycles. The molecule has 4 rings (SSSR count). The molecule has 4 fully saturated rings. The van der Waals surface area contributed by atoms with E-state index < -0.39 is 129 Å². The highest BCUT2D eigenvalue weighted by Crippen LogP contribution is 2.39. The molecule has 0 spiro atoms. The smallest absolute Gasteiger partial charge is 0.194 e. The van der Waals surface area contributed by atoms with E-state index in [1.165, 1.54) is 21.0 Å². The second-order valence-electron chi connectivity index (χ2n) is 11.8. The first-order chi connectivity index (χ1) is 20.7. The average Bonchev–Trinajstić information content (AvgIpc) is 3.01. The minimum Gasteiger partial charge on any atom is -0.394 e. The third-order valence-corrected chi connectivity index (χ3v) is 8.74. The second kappa shape index (κ2) is 14.6. The molecular formula is C26H46O18. The van der Waals surface area contributed by atoms with Gasteiger partial charge in [0.15, 0.2) is 24.7 Å². The van der Waals surface area contributed by atoms with Crippen molar-refractivity contribution in [3.05, 3.63) is 0 Å². The number of methoxy groups -OCH3 is 1. The summed E-state index contributed by atoms with van der Waals surface area (Å²) >= 11 is 0. The molecule has 4 heterocycles. The zero-order valence-electron chi connectivity index (χ0n) is 24.8. The van der Waals surface area contributed by atoms with Crippen LogP contribution in [0.4, 0.5) is 0 Å². The van der Waals surface area contributed by atoms with Crippen molar-refractivity contribution in [2.45, 2.75) is 131 Å². The van der Waals surface area contributed by atoms with E-state index >= 15 is 0 Å². The van der Waals surface area contributed by atoms with Crippen LogP contribution < -0.4 is 0 Å². The maximum atomic E-state index is 11.0. The SMILES string of the molecule is COC1OC(CO)[C@@H](O[C@@H]2OC(CO)[C@H](O)[C@H](O)C2O[C@@H]2OC(C)[C@@H](O)[C@H](O)C2O)[C@H](OC2(C)OCC(O)[C@@H](O)[C@@H]2O)C1C. The minimum atomic E-state index is -1.91. The quantitative estimate of drug-likeness (QED) is 0.112. The van der Waals surface area contributed by atoms with Crippen LogP contribution in [0.1, 0.15) is 20.8 Å². The Kier molecular flexibility index (Phi) is 12.0. The van der Waals surface area contributed by atoms with Gasteiger partial charge in [-0.3, -0.25) is 0 Å². The molecule has 0 amide bonds. The molecule has 0 aromatic carbocycles. The third-order valence-electron chi connectivity index (χ3n) is 8.74. The lowest BCUT2D eigenvalue weighted by Gasteiger charge is -2.52. The predicted octanol–water partition coefficient (Wildman–Crippen LogP) is -5.76. The molecular weight excluding hydrogens is 600 g/mol. The van der Waals surface area contributed by atoms with Crippen LogP contribution in [-0.4, -0.2) is 188 Å². The number of hydrogen-bond acceptors (Lipinski definition) is 18. The van der Waals surface area contributed by atoms with Crippen molar-refractivity contribution in [2.24, 2.45) is 5.92 Å². The fourth-order valence-corrected chi connectivity index (χ4v) is 5.87. The van der Waals surface area contributed by atoms with Crippen LogP contribution in [0.2, 0.25) is 0 Å². The first-order valence-electron chi connectivity index (χ1n) is 14.5. The fraction of sp³-hybridized carbons (Fsp3) is 1.00. The lowest BCUT2D eigenvalue weighted by molar-refractivity contribution is -0.406. The molecule has 0 bridgehead atoms. The van der Waals surface area contributed by atoms with E-state index in [2.05, 4.69) is 0 Å². The van der Waals surface area contributed by atoms with Gasteiger partial charge in [0.2, 0.25) is 0 Å². The van der Waals surface area contributed by atoms with Gasteiger partial charge in [-0.25, -0.2) is 0 Å². The van der Waals surface area contributed by atoms with Crippen LogP contribution in [0.3, 0.4) is 0 Å². The van der Waals surface area contributed by atoms with Gasteiger partial charge in [-0.1, -0.05) is 6.92 Å². The molecule has 0 aromatic heterocycles. The van der Waals surface area contributed by atoms with Crippen molar-refractivity contribution >= 4 is 0 Å². The highest BCUT2D eigenvalue weighted by molar-refractivity contribution is 4.98. The van der Waals surface area contributed by atoms with Crippen LogP contribution in [-0.2, 0) is 37.9 Å². The van der Waals surface area contributed by atoms with E-state index in [0.717, 1.165) is 0 Å². The molecule has 10 N–H and O–H groups in total. The van der Waals surface area contributed by atoms with Gasteiger partial charge in [-0.2, -0.15) is 0 Å². The Balaban J connectivity index is 1.65. The van der Waals surface area contributed by atoms with Gasteiger partial charge < -0.3 is 89.0 Å². The lowest BCUT2D eigenvalue weighted by Crippen LogP contribution is -2.68. The molecule has 44 heavy (non-hydrogen) atoms. The minimum absolute atomic E-state index is 0.387. The molecule has 4 aliphatic rings. The van der Waals surface area contributed by atoms with Gasteiger partial charge in [0.25, 0.3) is 0 Å². The number of aliphatic hydroxyl groups is 10. The highest BCUT2D eigenvalue weighted by Gasteiger charge is 2.56. The van der Waals surface area contributed by atoms with Crippen LogP contribution in [0.15, 0.2) is 0 Å². The van der Waals surface area contributed by atoms with Crippen molar-refractivity contribution in [1.29, 1.82) is 0 Å². The number of aliphatic hydroxyl groups excluding tert-OH is 10. The molecule has 18 nitrogen and oxygen atoms in total. The van der Waals surface area contributed by atoms with Crippen molar-refractivity contribution in [3.8, 4) is 0 Å². The predicted molar refractivity (Wildman–Crippen MR) is 139 cm³/mol. The number of rotatable bonds is 9. The summed E-state index contributed by atoms with van der Waals surface area (Å²) < 4.78 is 46.3. The molecule has 4 aliphatic heterocycles. The topological polar surface area (TPSA) is 276 Å². The summed E-state index contributed by atoms with van der Waals surface area (Å²) in [5.74, 6) is -2.63. The van der Waals surface area contributed by atoms with E-state index in [1.54, 1.807) is 6.92 Å². The Morgan fingerprint density at radius 1 is 0.659 bits per heavy atom. The molecule has 258 valence electrons. The van der Waals surface area contributed by atoms with E-state index in [1.807, 2.05) is 0 Å². The summed E-state index contributed by atoms with van der Waals surface area (Å²) in [5, 5.41) is 104. The Hall–Kier alpha value is -0.720. The largest absolute Gasteiger partial charge is 0.394 e. The van der Waals surface area contributed by atoms with Crippen molar-refractivity contribution in [2.75, 3.05) is 26.9 Å². The third kappa shape index (κ3) is 6.93. The molecule has 18 heteroatoms. The fourth-order valence-electron chi connectivity index (χ4n) is 5.87. The van der Waals surface area contributed by atoms with Crippen LogP contribution in [0.5, 0.6) is 0 Å². The molecule has 0 aromatic rings. The number of hydrogen-bond donors (Lipinski definition) is 10. The Bertz CT molecular complexity index is 916. The lowest BCUT2D eigenvalue weighted by atomic mass is 9.90. The van der Waals surface area contributed by atoms with E-state index in [0.29, 0.717) is 0 Å². The Morgan fingerprint density at radius 3 is 1.89 bits per heavy atom. The first kappa shape index (κ1) is 36.1. The van der Waals surface area contributed by atoms with Gasteiger partial charge in [-0.05, 0) is 13.8 Å². The first-order valence-corrected chi connectivity index (χ1v) is 14.5. The highest BCUT2D eigenvalue weighted by atomic mass is 16.8. The van der Waals surface area contributed by atoms with Gasteiger partial charge in [-0.15, -0.1) is 0 Å². The Labute approximate surface area is 253 Å². The van der Waals surface area contributed by atoms with E-state index in [-0.39, 0.29) is 6.61 Å². The van der Waals surface area contributed by atoms with Crippen molar-refractivity contribution in [1.82, 2.24) is 0 Å². The Morgan fingerprint density at radius 2 is 1.27 bits per heavy atom. The summed E-state index contributed by atoms with van der Waals surface area (Å²) in [5.41, 5.74) is 0. The van der Waals surface area contributed by atoms with Gasteiger partial charge in [0, 0.05) is 13.0 Å². The normalized spacial score (nSPS) is 53.9. The van der Waals surface area contributed by atoms with Crippen molar-refractivity contribution < 1.29 is 89.0 Å². The summed E-state index contributed by atoms with van der Waals surface area (Å²) in [6.07, 6.45) is -25.3.